The molecule has 1 unspecified atom stereocenters. The van der Waals surface area contributed by atoms with Crippen molar-refractivity contribution in [3.63, 3.8) is 0 Å². The van der Waals surface area contributed by atoms with E-state index in [1.807, 2.05) is 0 Å². The molecular weight excluding hydrogens is 256 g/mol. The van der Waals surface area contributed by atoms with Crippen molar-refractivity contribution >= 4 is 11.9 Å². The number of methoxy groups -OCH3 is 1. The van der Waals surface area contributed by atoms with Gasteiger partial charge < -0.3 is 9.84 Å². The average molecular weight is 284 g/mol. The Morgan fingerprint density at radius 3 is 2.05 bits per heavy atom. The molecule has 0 radical (unpaired) electrons. The fraction of sp³-hybridized carbons (Fsp3) is 0.625. The lowest BCUT2D eigenvalue weighted by Gasteiger charge is -2.13. The standard InChI is InChI=1S/C11H20O2.C5H8O2/c1-4-6-7-10(5-2)8-9(3)11(12)13;1-4(2)5(6)7-3/h10H,3-8H2,1-2H3,(H,12,13);1H2,2-3H3. The summed E-state index contributed by atoms with van der Waals surface area (Å²) in [4.78, 5) is 20.7. The van der Waals surface area contributed by atoms with Gasteiger partial charge in [-0.25, -0.2) is 9.59 Å². The van der Waals surface area contributed by atoms with Crippen LogP contribution in [0.15, 0.2) is 24.3 Å². The van der Waals surface area contributed by atoms with Gasteiger partial charge in [0.25, 0.3) is 0 Å². The van der Waals surface area contributed by atoms with Crippen molar-refractivity contribution in [2.24, 2.45) is 5.92 Å². The number of aliphatic carboxylic acids is 1. The molecule has 0 aliphatic carbocycles. The van der Waals surface area contributed by atoms with Gasteiger partial charge in [0.2, 0.25) is 0 Å². The number of ether oxygens (including phenoxy) is 1. The Hall–Kier alpha value is -1.58. The van der Waals surface area contributed by atoms with Crippen molar-refractivity contribution in [2.45, 2.75) is 52.9 Å². The molecule has 0 saturated heterocycles. The lowest BCUT2D eigenvalue weighted by atomic mass is 9.92. The fourth-order valence-electron chi connectivity index (χ4n) is 1.55. The summed E-state index contributed by atoms with van der Waals surface area (Å²) in [5.74, 6) is -0.696. The highest BCUT2D eigenvalue weighted by Crippen LogP contribution is 2.20. The molecule has 0 heterocycles. The molecule has 0 aromatic carbocycles. The monoisotopic (exact) mass is 284 g/mol. The highest BCUT2D eigenvalue weighted by molar-refractivity contribution is 5.86. The second-order valence-electron chi connectivity index (χ2n) is 4.80. The normalized spacial score (nSPS) is 10.8. The van der Waals surface area contributed by atoms with Gasteiger partial charge in [0.05, 0.1) is 7.11 Å². The van der Waals surface area contributed by atoms with Crippen molar-refractivity contribution in [1.29, 1.82) is 0 Å². The Labute approximate surface area is 122 Å². The smallest absolute Gasteiger partial charge is 0.332 e. The third-order valence-electron chi connectivity index (χ3n) is 2.91. The fourth-order valence-corrected chi connectivity index (χ4v) is 1.55. The first-order chi connectivity index (χ1) is 9.29. The third kappa shape index (κ3) is 11.5. The summed E-state index contributed by atoms with van der Waals surface area (Å²) < 4.78 is 4.27. The number of carboxylic acid groups (broad SMARTS) is 1. The Morgan fingerprint density at radius 1 is 1.25 bits per heavy atom. The van der Waals surface area contributed by atoms with Crippen LogP contribution in [0.2, 0.25) is 0 Å². The molecule has 0 aliphatic heterocycles. The largest absolute Gasteiger partial charge is 0.478 e. The van der Waals surface area contributed by atoms with Crippen molar-refractivity contribution in [3.8, 4) is 0 Å². The van der Waals surface area contributed by atoms with Crippen LogP contribution in [0.5, 0.6) is 0 Å². The van der Waals surface area contributed by atoms with Gasteiger partial charge in [0, 0.05) is 11.1 Å². The van der Waals surface area contributed by atoms with Gasteiger partial charge in [-0.3, -0.25) is 0 Å². The van der Waals surface area contributed by atoms with E-state index >= 15 is 0 Å². The number of hydrogen-bond donors (Lipinski definition) is 1. The second-order valence-corrected chi connectivity index (χ2v) is 4.80. The minimum absolute atomic E-state index is 0.347. The zero-order valence-corrected chi connectivity index (χ0v) is 13.2. The van der Waals surface area contributed by atoms with Crippen LogP contribution in [-0.4, -0.2) is 24.2 Å². The highest BCUT2D eigenvalue weighted by Gasteiger charge is 2.11. The number of carboxylic acids is 1. The number of unbranched alkanes of at least 4 members (excludes halogenated alkanes) is 1. The van der Waals surface area contributed by atoms with E-state index in [9.17, 15) is 9.59 Å². The van der Waals surface area contributed by atoms with Crippen LogP contribution in [0.4, 0.5) is 0 Å². The van der Waals surface area contributed by atoms with E-state index in [1.54, 1.807) is 6.92 Å². The topological polar surface area (TPSA) is 63.6 Å². The molecule has 0 rings (SSSR count). The molecule has 4 nitrogen and oxygen atoms in total. The molecule has 0 aliphatic rings. The van der Waals surface area contributed by atoms with Gasteiger partial charge in [0.15, 0.2) is 0 Å². The van der Waals surface area contributed by atoms with E-state index in [0.29, 0.717) is 23.5 Å². The second kappa shape index (κ2) is 12.5. The molecule has 0 fully saturated rings. The Balaban J connectivity index is 0. The molecular formula is C16H28O4. The van der Waals surface area contributed by atoms with Crippen molar-refractivity contribution in [2.75, 3.05) is 7.11 Å². The summed E-state index contributed by atoms with van der Waals surface area (Å²) in [6.45, 7) is 12.8. The molecule has 0 amide bonds. The van der Waals surface area contributed by atoms with Gasteiger partial charge in [0.1, 0.15) is 0 Å². The molecule has 1 atom stereocenters. The minimum Gasteiger partial charge on any atom is -0.478 e. The highest BCUT2D eigenvalue weighted by atomic mass is 16.5. The quantitative estimate of drug-likeness (QED) is 0.541. The minimum atomic E-state index is -0.852. The van der Waals surface area contributed by atoms with Crippen molar-refractivity contribution in [3.05, 3.63) is 24.3 Å². The van der Waals surface area contributed by atoms with Crippen LogP contribution in [0.1, 0.15) is 52.9 Å². The predicted molar refractivity (Wildman–Crippen MR) is 81.5 cm³/mol. The Bertz CT molecular complexity index is 331. The molecule has 0 aromatic heterocycles. The molecule has 0 bridgehead atoms. The van der Waals surface area contributed by atoms with Crippen LogP contribution < -0.4 is 0 Å². The maximum absolute atomic E-state index is 10.5. The first kappa shape index (κ1) is 20.7. The first-order valence-electron chi connectivity index (χ1n) is 6.94. The van der Waals surface area contributed by atoms with Crippen LogP contribution in [0.3, 0.4) is 0 Å². The lowest BCUT2D eigenvalue weighted by Crippen LogP contribution is -2.06. The summed E-state index contributed by atoms with van der Waals surface area (Å²) in [6.07, 6.45) is 5.18. The molecule has 20 heavy (non-hydrogen) atoms. The Kier molecular flexibility index (Phi) is 12.9. The zero-order valence-electron chi connectivity index (χ0n) is 13.2. The van der Waals surface area contributed by atoms with Gasteiger partial charge in [-0.15, -0.1) is 0 Å². The average Bonchev–Trinajstić information content (AvgIpc) is 2.42. The number of rotatable bonds is 8. The van der Waals surface area contributed by atoms with Crippen LogP contribution in [0.25, 0.3) is 0 Å². The first-order valence-corrected chi connectivity index (χ1v) is 6.94. The van der Waals surface area contributed by atoms with E-state index < -0.39 is 5.97 Å². The molecule has 1 N–H and O–H groups in total. The lowest BCUT2D eigenvalue weighted by molar-refractivity contribution is -0.136. The van der Waals surface area contributed by atoms with E-state index in [0.717, 1.165) is 12.8 Å². The molecule has 0 saturated carbocycles. The summed E-state index contributed by atoms with van der Waals surface area (Å²) in [7, 11) is 1.33. The van der Waals surface area contributed by atoms with Crippen LogP contribution in [0, 0.1) is 5.92 Å². The van der Waals surface area contributed by atoms with E-state index in [2.05, 4.69) is 31.7 Å². The van der Waals surface area contributed by atoms with Crippen LogP contribution in [-0.2, 0) is 14.3 Å². The number of hydrogen-bond acceptors (Lipinski definition) is 3. The molecule has 4 heteroatoms. The molecule has 0 spiro atoms. The molecule has 116 valence electrons. The van der Waals surface area contributed by atoms with Gasteiger partial charge in [-0.2, -0.15) is 0 Å². The van der Waals surface area contributed by atoms with Gasteiger partial charge in [-0.1, -0.05) is 52.7 Å². The van der Waals surface area contributed by atoms with Crippen molar-refractivity contribution < 1.29 is 19.4 Å². The summed E-state index contributed by atoms with van der Waals surface area (Å²) in [6, 6.07) is 0. The van der Waals surface area contributed by atoms with Gasteiger partial charge >= 0.3 is 11.9 Å². The molecule has 0 aromatic rings. The third-order valence-corrected chi connectivity index (χ3v) is 2.91. The SMILES string of the molecule is C=C(C)C(=O)OC.C=C(CC(CC)CCCC)C(=O)O. The number of carbonyl (C=O) groups is 2. The van der Waals surface area contributed by atoms with E-state index in [4.69, 9.17) is 5.11 Å². The maximum Gasteiger partial charge on any atom is 0.332 e. The summed E-state index contributed by atoms with van der Waals surface area (Å²) in [5.41, 5.74) is 0.783. The predicted octanol–water partition coefficient (Wildman–Crippen LogP) is 3.97. The Morgan fingerprint density at radius 2 is 1.80 bits per heavy atom. The zero-order chi connectivity index (χ0) is 16.1. The summed E-state index contributed by atoms with van der Waals surface area (Å²) in [5, 5.41) is 8.65. The van der Waals surface area contributed by atoms with E-state index in [1.165, 1.54) is 20.0 Å². The number of esters is 1. The van der Waals surface area contributed by atoms with Gasteiger partial charge in [-0.05, 0) is 19.3 Å². The maximum atomic E-state index is 10.5. The number of carbonyl (C=O) groups excluding carboxylic acids is 1. The summed E-state index contributed by atoms with van der Waals surface area (Å²) >= 11 is 0. The van der Waals surface area contributed by atoms with Crippen LogP contribution >= 0.6 is 0 Å². The van der Waals surface area contributed by atoms with E-state index in [-0.39, 0.29) is 5.97 Å². The van der Waals surface area contributed by atoms with Crippen molar-refractivity contribution in [1.82, 2.24) is 0 Å².